The lowest BCUT2D eigenvalue weighted by Crippen LogP contribution is -2.47. The zero-order valence-electron chi connectivity index (χ0n) is 49.4. The fourth-order valence-corrected chi connectivity index (χ4v) is 8.92. The van der Waals surface area contributed by atoms with Crippen molar-refractivity contribution >= 4 is 99.4 Å². The van der Waals surface area contributed by atoms with Gasteiger partial charge in [-0.05, 0) is 57.5 Å². The van der Waals surface area contributed by atoms with E-state index in [1.807, 2.05) is 0 Å². The van der Waals surface area contributed by atoms with E-state index in [9.17, 15) is 47.9 Å². The first-order valence-corrected chi connectivity index (χ1v) is 26.5. The van der Waals surface area contributed by atoms with Crippen LogP contribution in [0.3, 0.4) is 0 Å². The molecule has 8 aromatic heterocycles. The van der Waals surface area contributed by atoms with E-state index in [0.29, 0.717) is 11.4 Å². The fourth-order valence-electron chi connectivity index (χ4n) is 8.92. The van der Waals surface area contributed by atoms with Gasteiger partial charge in [-0.1, -0.05) is 0 Å². The molecule has 8 rings (SSSR count). The van der Waals surface area contributed by atoms with Gasteiger partial charge in [-0.3, -0.25) is 38.4 Å². The van der Waals surface area contributed by atoms with Gasteiger partial charge in [0, 0.05) is 119 Å². The maximum atomic E-state index is 13.9. The van der Waals surface area contributed by atoms with Gasteiger partial charge < -0.3 is 93.9 Å². The summed E-state index contributed by atoms with van der Waals surface area (Å²) in [5.41, 5.74) is 1.30. The molecule has 32 heteroatoms. The van der Waals surface area contributed by atoms with Crippen LogP contribution in [0, 0.1) is 0 Å². The van der Waals surface area contributed by atoms with Crippen LogP contribution in [0.2, 0.25) is 0 Å². The lowest BCUT2D eigenvalue weighted by Gasteiger charge is -2.23. The van der Waals surface area contributed by atoms with Crippen LogP contribution in [-0.2, 0) is 70.6 Å². The Morgan fingerprint density at radius 3 is 1.25 bits per heavy atom. The summed E-state index contributed by atoms with van der Waals surface area (Å²) < 4.78 is 21.9. The molecule has 0 bridgehead atoms. The minimum Gasteiger partial charge on any atom is -0.464 e. The SMILES string of the molecule is COC(=O)c1cc(NC(=O)c2cc(NC(=O)c3nc(NC(=O)c4cc(NC(=O)[C@H](CCNC(=O)c5nc(NC(=O)c6cc(NC(=O)c7cc(NC(=O)c8nccn8C)cn7C)cn6C)cn5C)NC(=O)OC(C)(C)C)cn4C)cn3C)cn2C)cn1C. The van der Waals surface area contributed by atoms with Crippen molar-refractivity contribution < 1.29 is 57.4 Å². The number of hydrogen-bond acceptors (Lipinski definition) is 15. The molecule has 9 N–H and O–H groups in total. The first-order chi connectivity index (χ1) is 41.0. The van der Waals surface area contributed by atoms with Gasteiger partial charge in [0.05, 0.1) is 35.5 Å². The molecule has 87 heavy (non-hydrogen) atoms. The monoisotopic (exact) mass is 1200 g/mol. The van der Waals surface area contributed by atoms with E-state index in [0.717, 1.165) is 0 Å². The molecule has 0 aromatic carbocycles. The zero-order valence-corrected chi connectivity index (χ0v) is 49.4. The quantitative estimate of drug-likeness (QED) is 0.0493. The highest BCUT2D eigenvalue weighted by Crippen LogP contribution is 2.23. The molecule has 456 valence electrons. The molecule has 0 radical (unpaired) electrons. The standard InChI is InChI=1S/C55H64N20O12/c1-55(2,3)87-54(85)63-34(13-14-57-50(81)43-64-40(27-74(43)10)66-49(80)38-18-30(23-72(38)8)59-46(77)35-19-31(24-69(35)5)61-51(82)42-56-15-16-68(42)4)45(76)58-29-17-37(71(7)22-29)48(79)67-41-28-75(11)44(65-41)52(83)62-32-20-36(70(6)25-32)47(78)60-33-21-39(53(84)86-12)73(9)26-33/h15-28,34H,13-14H2,1-12H3,(H,57,81)(H,58,76)(H,59,77)(H,60,78)(H,61,82)(H,62,83)(H,63,85)(H,66,80)(H,67,79)/t34-/m0/s1. The third-order valence-electron chi connectivity index (χ3n) is 13.0. The van der Waals surface area contributed by atoms with E-state index in [-0.39, 0.29) is 87.6 Å². The number of carbonyl (C=O) groups is 10. The molecule has 0 aliphatic rings. The number of nitrogens with one attached hydrogen (secondary N) is 9. The van der Waals surface area contributed by atoms with E-state index in [4.69, 9.17) is 9.47 Å². The third-order valence-corrected chi connectivity index (χ3v) is 13.0. The molecular weight excluding hydrogens is 1130 g/mol. The Hall–Kier alpha value is -11.5. The summed E-state index contributed by atoms with van der Waals surface area (Å²) in [6.45, 7) is 4.75. The lowest BCUT2D eigenvalue weighted by atomic mass is 10.2. The number of rotatable bonds is 20. The number of aromatic nitrogens is 11. The molecule has 0 aliphatic carbocycles. The molecule has 0 saturated heterocycles. The van der Waals surface area contributed by atoms with Crippen molar-refractivity contribution in [3.63, 3.8) is 0 Å². The summed E-state index contributed by atoms with van der Waals surface area (Å²) in [6, 6.07) is 5.93. The van der Waals surface area contributed by atoms with E-state index in [1.165, 1.54) is 114 Å². The topological polar surface area (TPSA) is 376 Å². The number of imidazole rings is 3. The Morgan fingerprint density at radius 1 is 0.460 bits per heavy atom. The van der Waals surface area contributed by atoms with Crippen LogP contribution in [0.4, 0.5) is 44.9 Å². The van der Waals surface area contributed by atoms with Gasteiger partial charge in [0.15, 0.2) is 17.5 Å². The average Bonchev–Trinajstić information content (AvgIpc) is 3.91. The van der Waals surface area contributed by atoms with E-state index in [1.54, 1.807) is 93.3 Å². The van der Waals surface area contributed by atoms with Gasteiger partial charge in [-0.15, -0.1) is 0 Å². The highest BCUT2D eigenvalue weighted by atomic mass is 16.6. The Balaban J connectivity index is 0.842. The molecule has 0 unspecified atom stereocenters. The van der Waals surface area contributed by atoms with E-state index >= 15 is 0 Å². The fraction of sp³-hybridized carbons (Fsp3) is 0.291. The van der Waals surface area contributed by atoms with Crippen LogP contribution in [0.15, 0.2) is 86.1 Å². The smallest absolute Gasteiger partial charge is 0.408 e. The van der Waals surface area contributed by atoms with Gasteiger partial charge in [0.1, 0.15) is 40.1 Å². The minimum absolute atomic E-state index is 0.00887. The van der Waals surface area contributed by atoms with Gasteiger partial charge >= 0.3 is 12.1 Å². The summed E-state index contributed by atoms with van der Waals surface area (Å²) in [5, 5.41) is 24.1. The number of aryl methyl sites for hydroxylation is 8. The van der Waals surface area contributed by atoms with Crippen molar-refractivity contribution in [2.45, 2.75) is 38.8 Å². The Kier molecular flexibility index (Phi) is 17.8. The molecule has 0 aliphatic heterocycles. The van der Waals surface area contributed by atoms with E-state index < -0.39 is 71.0 Å². The van der Waals surface area contributed by atoms with E-state index in [2.05, 4.69) is 62.8 Å². The van der Waals surface area contributed by atoms with Gasteiger partial charge in [0.2, 0.25) is 17.6 Å². The summed E-state index contributed by atoms with van der Waals surface area (Å²) >= 11 is 0. The molecule has 0 spiro atoms. The molecule has 1 atom stereocenters. The third kappa shape index (κ3) is 14.7. The second-order valence-corrected chi connectivity index (χ2v) is 21.1. The van der Waals surface area contributed by atoms with Crippen LogP contribution >= 0.6 is 0 Å². The highest BCUT2D eigenvalue weighted by Gasteiger charge is 2.28. The molecule has 32 nitrogen and oxygen atoms in total. The largest absolute Gasteiger partial charge is 0.464 e. The predicted octanol–water partition coefficient (Wildman–Crippen LogP) is 3.53. The average molecular weight is 1200 g/mol. The van der Waals surface area contributed by atoms with Crippen molar-refractivity contribution in [1.82, 2.24) is 62.1 Å². The van der Waals surface area contributed by atoms with Crippen molar-refractivity contribution in [2.24, 2.45) is 56.4 Å². The number of esters is 1. The van der Waals surface area contributed by atoms with Crippen LogP contribution in [0.5, 0.6) is 0 Å². The molecule has 8 heterocycles. The molecule has 9 amide bonds. The van der Waals surface area contributed by atoms with Crippen molar-refractivity contribution in [1.29, 1.82) is 0 Å². The molecule has 8 aromatic rings. The number of alkyl carbamates (subject to hydrolysis) is 1. The summed E-state index contributed by atoms with van der Waals surface area (Å²) in [6.07, 6.45) is 12.5. The maximum absolute atomic E-state index is 13.9. The summed E-state index contributed by atoms with van der Waals surface area (Å²) in [7, 11) is 14.0. The highest BCUT2D eigenvalue weighted by molar-refractivity contribution is 6.10. The normalized spacial score (nSPS) is 11.5. The van der Waals surface area contributed by atoms with Crippen LogP contribution in [0.25, 0.3) is 0 Å². The molecule has 0 fully saturated rings. The molecule has 0 saturated carbocycles. The lowest BCUT2D eigenvalue weighted by molar-refractivity contribution is -0.118. The van der Waals surface area contributed by atoms with Crippen molar-refractivity contribution in [3.8, 4) is 0 Å². The number of hydrogen-bond donors (Lipinski definition) is 9. The summed E-state index contributed by atoms with van der Waals surface area (Å²) in [5.74, 6) is -5.43. The van der Waals surface area contributed by atoms with Crippen LogP contribution in [-0.4, -0.2) is 136 Å². The number of ether oxygens (including phenoxy) is 2. The maximum Gasteiger partial charge on any atom is 0.408 e. The predicted molar refractivity (Wildman–Crippen MR) is 314 cm³/mol. The Labute approximate surface area is 495 Å². The zero-order chi connectivity index (χ0) is 63.3. The molecular formula is C55H64N20O12. The summed E-state index contributed by atoms with van der Waals surface area (Å²) in [4.78, 5) is 145. The van der Waals surface area contributed by atoms with Gasteiger partial charge in [-0.2, -0.15) is 0 Å². The van der Waals surface area contributed by atoms with Crippen molar-refractivity contribution in [2.75, 3.05) is 50.9 Å². The number of carbonyl (C=O) groups excluding carboxylic acids is 10. The number of amides is 9. The Bertz CT molecular complexity index is 4040. The van der Waals surface area contributed by atoms with Gasteiger partial charge in [0.25, 0.3) is 41.4 Å². The van der Waals surface area contributed by atoms with Gasteiger partial charge in [-0.25, -0.2) is 24.5 Å². The number of methoxy groups -OCH3 is 1. The second kappa shape index (κ2) is 25.2. The second-order valence-electron chi connectivity index (χ2n) is 21.1. The number of nitrogens with zero attached hydrogens (tertiary/aromatic N) is 11. The first-order valence-electron chi connectivity index (χ1n) is 26.5. The number of anilines is 7. The van der Waals surface area contributed by atoms with Crippen LogP contribution < -0.4 is 47.9 Å². The minimum atomic E-state index is -1.29. The first kappa shape index (κ1) is 61.6. The van der Waals surface area contributed by atoms with Crippen molar-refractivity contribution in [3.05, 3.63) is 132 Å². The Morgan fingerprint density at radius 2 is 0.839 bits per heavy atom. The van der Waals surface area contributed by atoms with Crippen LogP contribution in [0.1, 0.15) is 111 Å².